The molecule has 0 atom stereocenters. The molecule has 1 N–H and O–H groups in total. The summed E-state index contributed by atoms with van der Waals surface area (Å²) in [6.45, 7) is 3.62. The molecule has 0 aliphatic heterocycles. The molecule has 1 heterocycles. The van der Waals surface area contributed by atoms with Crippen molar-refractivity contribution < 1.29 is 13.9 Å². The lowest BCUT2D eigenvalue weighted by Gasteiger charge is -2.05. The summed E-state index contributed by atoms with van der Waals surface area (Å²) >= 11 is 0. The smallest absolute Gasteiger partial charge is 0.194 e. The minimum Gasteiger partial charge on any atom is -0.491 e. The van der Waals surface area contributed by atoms with Crippen LogP contribution in [0.25, 0.3) is 11.3 Å². The van der Waals surface area contributed by atoms with E-state index in [9.17, 15) is 9.18 Å². The van der Waals surface area contributed by atoms with Crippen molar-refractivity contribution in [2.75, 3.05) is 6.61 Å². The number of ether oxygens (including phenoxy) is 1. The van der Waals surface area contributed by atoms with E-state index < -0.39 is 5.82 Å². The maximum absolute atomic E-state index is 13.7. The first-order chi connectivity index (χ1) is 8.61. The molecule has 94 valence electrons. The number of H-pyrrole nitrogens is 1. The van der Waals surface area contributed by atoms with Crippen LogP contribution in [-0.2, 0) is 0 Å². The number of halogens is 1. The minimum atomic E-state index is -0.437. The molecule has 0 bridgehead atoms. The number of nitrogens with zero attached hydrogens (tertiary/aromatic N) is 1. The Balaban J connectivity index is 2.33. The normalized spacial score (nSPS) is 10.4. The SMILES string of the molecule is CCOc1ccc(-c2cnc(C(C)=O)[nH]2)cc1F. The predicted octanol–water partition coefficient (Wildman–Crippen LogP) is 2.82. The van der Waals surface area contributed by atoms with Crippen molar-refractivity contribution in [1.29, 1.82) is 0 Å². The largest absolute Gasteiger partial charge is 0.491 e. The van der Waals surface area contributed by atoms with E-state index in [0.717, 1.165) is 0 Å². The minimum absolute atomic E-state index is 0.160. The Morgan fingerprint density at radius 2 is 2.28 bits per heavy atom. The average molecular weight is 248 g/mol. The number of hydrogen-bond donors (Lipinski definition) is 1. The van der Waals surface area contributed by atoms with Crippen LogP contribution >= 0.6 is 0 Å². The second-order valence-electron chi connectivity index (χ2n) is 3.78. The number of Topliss-reactive ketones (excluding diaryl/α,β-unsaturated/α-hetero) is 1. The van der Waals surface area contributed by atoms with Crippen molar-refractivity contribution in [3.63, 3.8) is 0 Å². The molecule has 2 rings (SSSR count). The van der Waals surface area contributed by atoms with Crippen LogP contribution in [0.1, 0.15) is 24.5 Å². The molecular formula is C13H13FN2O2. The first kappa shape index (κ1) is 12.3. The molecule has 0 unspecified atom stereocenters. The number of carbonyl (C=O) groups excluding carboxylic acids is 1. The van der Waals surface area contributed by atoms with Gasteiger partial charge in [-0.2, -0.15) is 0 Å². The first-order valence-corrected chi connectivity index (χ1v) is 5.60. The fraction of sp³-hybridized carbons (Fsp3) is 0.231. The van der Waals surface area contributed by atoms with Crippen LogP contribution in [0, 0.1) is 5.82 Å². The number of aromatic nitrogens is 2. The summed E-state index contributed by atoms with van der Waals surface area (Å²) in [4.78, 5) is 17.9. The van der Waals surface area contributed by atoms with Gasteiger partial charge in [-0.05, 0) is 25.1 Å². The van der Waals surface area contributed by atoms with Gasteiger partial charge >= 0.3 is 0 Å². The molecule has 0 spiro atoms. The third kappa shape index (κ3) is 2.40. The van der Waals surface area contributed by atoms with E-state index in [2.05, 4.69) is 9.97 Å². The topological polar surface area (TPSA) is 55.0 Å². The number of nitrogens with one attached hydrogen (secondary N) is 1. The average Bonchev–Trinajstić information content (AvgIpc) is 2.81. The van der Waals surface area contributed by atoms with Gasteiger partial charge in [-0.1, -0.05) is 0 Å². The summed E-state index contributed by atoms with van der Waals surface area (Å²) in [6, 6.07) is 4.62. The molecule has 0 saturated carbocycles. The van der Waals surface area contributed by atoms with Crippen molar-refractivity contribution in [2.45, 2.75) is 13.8 Å². The van der Waals surface area contributed by atoms with Gasteiger partial charge in [0.15, 0.2) is 23.2 Å². The number of rotatable bonds is 4. The highest BCUT2D eigenvalue weighted by molar-refractivity contribution is 5.91. The van der Waals surface area contributed by atoms with E-state index >= 15 is 0 Å². The van der Waals surface area contributed by atoms with Gasteiger partial charge in [-0.25, -0.2) is 9.37 Å². The van der Waals surface area contributed by atoms with Gasteiger partial charge in [-0.3, -0.25) is 4.79 Å². The second-order valence-corrected chi connectivity index (χ2v) is 3.78. The van der Waals surface area contributed by atoms with Gasteiger partial charge in [0.05, 0.1) is 18.5 Å². The molecule has 5 heteroatoms. The summed E-state index contributed by atoms with van der Waals surface area (Å²) in [6.07, 6.45) is 1.51. The van der Waals surface area contributed by atoms with Gasteiger partial charge in [0, 0.05) is 12.5 Å². The highest BCUT2D eigenvalue weighted by Crippen LogP contribution is 2.24. The Bertz CT molecular complexity index is 578. The summed E-state index contributed by atoms with van der Waals surface area (Å²) in [5.41, 5.74) is 1.22. The van der Waals surface area contributed by atoms with Gasteiger partial charge in [-0.15, -0.1) is 0 Å². The third-order valence-electron chi connectivity index (χ3n) is 2.45. The lowest BCUT2D eigenvalue weighted by Crippen LogP contribution is -1.95. The molecule has 0 aliphatic rings. The molecular weight excluding hydrogens is 235 g/mol. The lowest BCUT2D eigenvalue weighted by molar-refractivity contribution is 0.100. The van der Waals surface area contributed by atoms with Crippen molar-refractivity contribution in [3.05, 3.63) is 36.0 Å². The summed E-state index contributed by atoms with van der Waals surface area (Å²) < 4.78 is 18.8. The predicted molar refractivity (Wildman–Crippen MR) is 65.2 cm³/mol. The number of ketones is 1. The monoisotopic (exact) mass is 248 g/mol. The summed E-state index contributed by atoms with van der Waals surface area (Å²) in [7, 11) is 0. The maximum atomic E-state index is 13.7. The molecule has 0 saturated heterocycles. The van der Waals surface area contributed by atoms with Gasteiger partial charge < -0.3 is 9.72 Å². The zero-order valence-electron chi connectivity index (χ0n) is 10.2. The third-order valence-corrected chi connectivity index (χ3v) is 2.45. The molecule has 0 fully saturated rings. The van der Waals surface area contributed by atoms with Crippen molar-refractivity contribution >= 4 is 5.78 Å². The van der Waals surface area contributed by atoms with Gasteiger partial charge in [0.2, 0.25) is 0 Å². The van der Waals surface area contributed by atoms with Crippen LogP contribution < -0.4 is 4.74 Å². The lowest BCUT2D eigenvalue weighted by atomic mass is 10.1. The molecule has 2 aromatic rings. The van der Waals surface area contributed by atoms with Crippen LogP contribution in [-0.4, -0.2) is 22.4 Å². The van der Waals surface area contributed by atoms with E-state index in [0.29, 0.717) is 17.9 Å². The highest BCUT2D eigenvalue weighted by Gasteiger charge is 2.09. The Morgan fingerprint density at radius 3 is 2.83 bits per heavy atom. The van der Waals surface area contributed by atoms with E-state index in [1.807, 2.05) is 0 Å². The Kier molecular flexibility index (Phi) is 3.41. The van der Waals surface area contributed by atoms with Crippen molar-refractivity contribution in [2.24, 2.45) is 0 Å². The highest BCUT2D eigenvalue weighted by atomic mass is 19.1. The molecule has 1 aromatic heterocycles. The van der Waals surface area contributed by atoms with E-state index in [4.69, 9.17) is 4.74 Å². The Morgan fingerprint density at radius 1 is 1.50 bits per heavy atom. The number of imidazole rings is 1. The van der Waals surface area contributed by atoms with E-state index in [-0.39, 0.29) is 17.4 Å². The van der Waals surface area contributed by atoms with E-state index in [1.54, 1.807) is 19.1 Å². The number of carbonyl (C=O) groups is 1. The van der Waals surface area contributed by atoms with Crippen LogP contribution in [0.5, 0.6) is 5.75 Å². The number of hydrogen-bond acceptors (Lipinski definition) is 3. The van der Waals surface area contributed by atoms with Crippen LogP contribution in [0.15, 0.2) is 24.4 Å². The molecule has 1 aromatic carbocycles. The van der Waals surface area contributed by atoms with Crippen molar-refractivity contribution in [3.8, 4) is 17.0 Å². The quantitative estimate of drug-likeness (QED) is 0.846. The second kappa shape index (κ2) is 5.00. The standard InChI is InChI=1S/C13H13FN2O2/c1-3-18-12-5-4-9(6-10(12)14)11-7-15-13(16-11)8(2)17/h4-7H,3H2,1-2H3,(H,15,16). The van der Waals surface area contributed by atoms with Gasteiger partial charge in [0.25, 0.3) is 0 Å². The Hall–Kier alpha value is -2.17. The van der Waals surface area contributed by atoms with Crippen molar-refractivity contribution in [1.82, 2.24) is 9.97 Å². The van der Waals surface area contributed by atoms with E-state index in [1.165, 1.54) is 19.2 Å². The van der Waals surface area contributed by atoms with Crippen LogP contribution in [0.4, 0.5) is 4.39 Å². The zero-order chi connectivity index (χ0) is 13.1. The first-order valence-electron chi connectivity index (χ1n) is 5.60. The summed E-state index contributed by atoms with van der Waals surface area (Å²) in [5, 5.41) is 0. The maximum Gasteiger partial charge on any atom is 0.194 e. The zero-order valence-corrected chi connectivity index (χ0v) is 10.2. The number of aromatic amines is 1. The molecule has 0 radical (unpaired) electrons. The van der Waals surface area contributed by atoms with Crippen LogP contribution in [0.3, 0.4) is 0 Å². The Labute approximate surface area is 104 Å². The fourth-order valence-electron chi connectivity index (χ4n) is 1.59. The van der Waals surface area contributed by atoms with Gasteiger partial charge in [0.1, 0.15) is 0 Å². The van der Waals surface area contributed by atoms with Crippen LogP contribution in [0.2, 0.25) is 0 Å². The molecule has 0 aliphatic carbocycles. The molecule has 4 nitrogen and oxygen atoms in total. The molecule has 0 amide bonds. The number of benzene rings is 1. The fourth-order valence-corrected chi connectivity index (χ4v) is 1.59. The molecule has 18 heavy (non-hydrogen) atoms. The summed E-state index contributed by atoms with van der Waals surface area (Å²) in [5.74, 6) is -0.118.